The Morgan fingerprint density at radius 2 is 1.79 bits per heavy atom. The lowest BCUT2D eigenvalue weighted by Crippen LogP contribution is -2.30. The lowest BCUT2D eigenvalue weighted by molar-refractivity contribution is -0.117. The zero-order valence-electron chi connectivity index (χ0n) is 16.8. The number of thioether (sulfide) groups is 1. The van der Waals surface area contributed by atoms with E-state index in [1.807, 2.05) is 56.1 Å². The molecule has 0 spiro atoms. The van der Waals surface area contributed by atoms with Gasteiger partial charge in [0.2, 0.25) is 5.91 Å². The second kappa shape index (κ2) is 9.08. The van der Waals surface area contributed by atoms with Crippen LogP contribution in [-0.4, -0.2) is 40.4 Å². The minimum absolute atomic E-state index is 0.0588. The molecule has 0 aliphatic heterocycles. The summed E-state index contributed by atoms with van der Waals surface area (Å²) >= 11 is 1.72. The van der Waals surface area contributed by atoms with Crippen molar-refractivity contribution in [2.75, 3.05) is 25.2 Å². The minimum Gasteiger partial charge on any atom is -0.309 e. The molecule has 0 radical (unpaired) electrons. The monoisotopic (exact) mass is 394 g/mol. The number of rotatable bonds is 7. The second-order valence-corrected chi connectivity index (χ2v) is 7.87. The number of likely N-dealkylation sites (N-methyl/N-ethyl adjacent to an activating group) is 1. The van der Waals surface area contributed by atoms with Crippen LogP contribution in [0, 0.1) is 13.8 Å². The zero-order chi connectivity index (χ0) is 20.1. The maximum atomic E-state index is 12.6. The summed E-state index contributed by atoms with van der Waals surface area (Å²) in [5.41, 5.74) is 4.16. The second-order valence-electron chi connectivity index (χ2n) is 6.99. The third-order valence-electron chi connectivity index (χ3n) is 4.40. The molecule has 146 valence electrons. The fraction of sp³-hybridized carbons (Fsp3) is 0.273. The highest BCUT2D eigenvalue weighted by Crippen LogP contribution is 2.18. The van der Waals surface area contributed by atoms with E-state index in [1.165, 1.54) is 16.0 Å². The average Bonchev–Trinajstić information content (AvgIpc) is 3.02. The molecule has 0 saturated carbocycles. The molecule has 3 aromatic rings. The predicted octanol–water partition coefficient (Wildman–Crippen LogP) is 4.28. The smallest absolute Gasteiger partial charge is 0.239 e. The van der Waals surface area contributed by atoms with Crippen LogP contribution in [0.15, 0.2) is 59.5 Å². The number of nitrogens with zero attached hydrogens (tertiary/aromatic N) is 3. The molecule has 0 fully saturated rings. The number of carbonyl (C=O) groups excluding carboxylic acids is 1. The Bertz CT molecular complexity index is 932. The van der Waals surface area contributed by atoms with Gasteiger partial charge in [0.15, 0.2) is 0 Å². The van der Waals surface area contributed by atoms with Crippen LogP contribution >= 0.6 is 11.8 Å². The number of amides is 1. The van der Waals surface area contributed by atoms with Crippen molar-refractivity contribution in [1.82, 2.24) is 14.7 Å². The number of anilines is 1. The number of hydrogen-bond acceptors (Lipinski definition) is 4. The maximum Gasteiger partial charge on any atom is 0.239 e. The normalized spacial score (nSPS) is 11.0. The molecular weight excluding hydrogens is 368 g/mol. The van der Waals surface area contributed by atoms with Crippen LogP contribution in [0.2, 0.25) is 0 Å². The summed E-state index contributed by atoms with van der Waals surface area (Å²) in [7, 11) is 1.95. The van der Waals surface area contributed by atoms with Gasteiger partial charge in [-0.3, -0.25) is 9.69 Å². The van der Waals surface area contributed by atoms with Gasteiger partial charge in [0.05, 0.1) is 17.9 Å². The number of hydrogen-bond donors (Lipinski definition) is 1. The van der Waals surface area contributed by atoms with Gasteiger partial charge in [-0.15, -0.1) is 11.8 Å². The molecule has 1 N–H and O–H groups in total. The molecule has 0 bridgehead atoms. The highest BCUT2D eigenvalue weighted by Gasteiger charge is 2.13. The van der Waals surface area contributed by atoms with E-state index in [0.29, 0.717) is 12.4 Å². The van der Waals surface area contributed by atoms with Crippen LogP contribution in [0.5, 0.6) is 0 Å². The quantitative estimate of drug-likeness (QED) is 0.608. The topological polar surface area (TPSA) is 50.2 Å². The van der Waals surface area contributed by atoms with Crippen molar-refractivity contribution in [3.05, 3.63) is 71.4 Å². The molecule has 0 aliphatic rings. The van der Waals surface area contributed by atoms with E-state index in [1.54, 1.807) is 16.4 Å². The molecular formula is C22H26N4OS. The lowest BCUT2D eigenvalue weighted by atomic mass is 10.2. The Hall–Kier alpha value is -2.57. The summed E-state index contributed by atoms with van der Waals surface area (Å²) in [5, 5.41) is 7.51. The first kappa shape index (κ1) is 20.2. The van der Waals surface area contributed by atoms with Crippen molar-refractivity contribution >= 4 is 23.5 Å². The van der Waals surface area contributed by atoms with E-state index in [0.717, 1.165) is 17.9 Å². The third kappa shape index (κ3) is 5.24. The van der Waals surface area contributed by atoms with E-state index in [4.69, 9.17) is 0 Å². The third-order valence-corrected chi connectivity index (χ3v) is 5.15. The molecule has 0 aliphatic carbocycles. The number of benzene rings is 2. The van der Waals surface area contributed by atoms with Crippen molar-refractivity contribution in [1.29, 1.82) is 0 Å². The van der Waals surface area contributed by atoms with Gasteiger partial charge in [0, 0.05) is 17.5 Å². The fourth-order valence-corrected chi connectivity index (χ4v) is 3.41. The molecule has 2 aromatic carbocycles. The summed E-state index contributed by atoms with van der Waals surface area (Å²) < 4.78 is 1.77. The summed E-state index contributed by atoms with van der Waals surface area (Å²) in [6.45, 7) is 5.00. The predicted molar refractivity (Wildman–Crippen MR) is 116 cm³/mol. The highest BCUT2D eigenvalue weighted by atomic mass is 32.2. The molecule has 28 heavy (non-hydrogen) atoms. The number of carbonyl (C=O) groups is 1. The first-order valence-electron chi connectivity index (χ1n) is 9.19. The molecule has 5 nitrogen and oxygen atoms in total. The van der Waals surface area contributed by atoms with Crippen molar-refractivity contribution in [3.8, 4) is 5.69 Å². The largest absolute Gasteiger partial charge is 0.309 e. The van der Waals surface area contributed by atoms with Gasteiger partial charge in [0.1, 0.15) is 5.82 Å². The van der Waals surface area contributed by atoms with Crippen molar-refractivity contribution in [3.63, 3.8) is 0 Å². The zero-order valence-corrected chi connectivity index (χ0v) is 17.6. The van der Waals surface area contributed by atoms with Gasteiger partial charge < -0.3 is 5.32 Å². The Labute approximate surface area is 170 Å². The van der Waals surface area contributed by atoms with Crippen LogP contribution in [-0.2, 0) is 11.3 Å². The fourth-order valence-electron chi connectivity index (χ4n) is 3.00. The molecule has 0 unspecified atom stereocenters. The Morgan fingerprint density at radius 1 is 1.11 bits per heavy atom. The first-order chi connectivity index (χ1) is 13.4. The molecule has 1 amide bonds. The van der Waals surface area contributed by atoms with Crippen LogP contribution in [0.4, 0.5) is 5.82 Å². The van der Waals surface area contributed by atoms with Crippen LogP contribution in [0.25, 0.3) is 5.69 Å². The Morgan fingerprint density at radius 3 is 2.43 bits per heavy atom. The van der Waals surface area contributed by atoms with E-state index in [9.17, 15) is 4.79 Å². The summed E-state index contributed by atoms with van der Waals surface area (Å²) in [6.07, 6.45) is 2.06. The van der Waals surface area contributed by atoms with Crippen LogP contribution in [0.1, 0.15) is 16.8 Å². The summed E-state index contributed by atoms with van der Waals surface area (Å²) in [6, 6.07) is 18.4. The van der Waals surface area contributed by atoms with Gasteiger partial charge in [0.25, 0.3) is 0 Å². The standard InChI is InChI=1S/C22H26N4OS/c1-16-5-9-19(10-6-16)26-21(13-17(2)24-26)23-22(27)15-25(3)14-18-7-11-20(28-4)12-8-18/h5-13H,14-15H2,1-4H3,(H,23,27). The van der Waals surface area contributed by atoms with Gasteiger partial charge >= 0.3 is 0 Å². The van der Waals surface area contributed by atoms with Gasteiger partial charge in [-0.05, 0) is 57.0 Å². The molecule has 1 aromatic heterocycles. The van der Waals surface area contributed by atoms with E-state index in [-0.39, 0.29) is 5.91 Å². The number of aromatic nitrogens is 2. The lowest BCUT2D eigenvalue weighted by Gasteiger charge is -2.17. The van der Waals surface area contributed by atoms with Gasteiger partial charge in [-0.25, -0.2) is 4.68 Å². The molecule has 0 saturated heterocycles. The van der Waals surface area contributed by atoms with Gasteiger partial charge in [-0.2, -0.15) is 5.10 Å². The SMILES string of the molecule is CSc1ccc(CN(C)CC(=O)Nc2cc(C)nn2-c2ccc(C)cc2)cc1. The van der Waals surface area contributed by atoms with Crippen LogP contribution < -0.4 is 5.32 Å². The number of aryl methyl sites for hydroxylation is 2. The van der Waals surface area contributed by atoms with Crippen molar-refractivity contribution in [2.24, 2.45) is 0 Å². The Balaban J connectivity index is 1.63. The molecule has 1 heterocycles. The maximum absolute atomic E-state index is 12.6. The van der Waals surface area contributed by atoms with E-state index < -0.39 is 0 Å². The van der Waals surface area contributed by atoms with Gasteiger partial charge in [-0.1, -0.05) is 29.8 Å². The average molecular weight is 395 g/mol. The molecule has 6 heteroatoms. The summed E-state index contributed by atoms with van der Waals surface area (Å²) in [5.74, 6) is 0.626. The van der Waals surface area contributed by atoms with Crippen molar-refractivity contribution in [2.45, 2.75) is 25.3 Å². The van der Waals surface area contributed by atoms with Crippen LogP contribution in [0.3, 0.4) is 0 Å². The van der Waals surface area contributed by atoms with E-state index in [2.05, 4.69) is 40.9 Å². The highest BCUT2D eigenvalue weighted by molar-refractivity contribution is 7.98. The van der Waals surface area contributed by atoms with Crippen molar-refractivity contribution < 1.29 is 4.79 Å². The minimum atomic E-state index is -0.0588. The van der Waals surface area contributed by atoms with E-state index >= 15 is 0 Å². The Kier molecular flexibility index (Phi) is 6.54. The number of nitrogens with one attached hydrogen (secondary N) is 1. The molecule has 3 rings (SSSR count). The molecule has 0 atom stereocenters. The first-order valence-corrected chi connectivity index (χ1v) is 10.4. The summed E-state index contributed by atoms with van der Waals surface area (Å²) in [4.78, 5) is 15.8.